The Morgan fingerprint density at radius 3 is 2.76 bits per heavy atom. The van der Waals surface area contributed by atoms with E-state index < -0.39 is 0 Å². The van der Waals surface area contributed by atoms with Crippen LogP contribution in [0.1, 0.15) is 32.8 Å². The molecule has 0 saturated heterocycles. The average Bonchev–Trinajstić information content (AvgIpc) is 2.30. The zero-order chi connectivity index (χ0) is 12.5. The number of aromatic nitrogens is 1. The van der Waals surface area contributed by atoms with E-state index in [1.807, 2.05) is 12.3 Å². The molecule has 1 fully saturated rings. The predicted molar refractivity (Wildman–Crippen MR) is 70.2 cm³/mol. The Balaban J connectivity index is 1.95. The molecule has 2 unspecified atom stereocenters. The van der Waals surface area contributed by atoms with Gasteiger partial charge in [-0.1, -0.05) is 19.9 Å². The fourth-order valence-electron chi connectivity index (χ4n) is 2.35. The van der Waals surface area contributed by atoms with Crippen LogP contribution in [0.3, 0.4) is 0 Å². The highest BCUT2D eigenvalue weighted by molar-refractivity contribution is 5.38. The molecule has 17 heavy (non-hydrogen) atoms. The summed E-state index contributed by atoms with van der Waals surface area (Å²) in [6.45, 7) is 9.41. The SMILES string of the molecule is CCOC1CC(Nc2ccc(C)cn2)C1(C)C. The second-order valence-corrected chi connectivity index (χ2v) is 5.42. The van der Waals surface area contributed by atoms with Gasteiger partial charge in [-0.25, -0.2) is 4.98 Å². The Kier molecular flexibility index (Phi) is 3.38. The van der Waals surface area contributed by atoms with Crippen LogP contribution >= 0.6 is 0 Å². The molecule has 0 amide bonds. The Morgan fingerprint density at radius 2 is 2.24 bits per heavy atom. The number of hydrogen-bond donors (Lipinski definition) is 1. The van der Waals surface area contributed by atoms with Gasteiger partial charge in [-0.3, -0.25) is 0 Å². The Morgan fingerprint density at radius 1 is 1.47 bits per heavy atom. The van der Waals surface area contributed by atoms with Gasteiger partial charge < -0.3 is 10.1 Å². The lowest BCUT2D eigenvalue weighted by atomic mass is 9.64. The number of anilines is 1. The summed E-state index contributed by atoms with van der Waals surface area (Å²) in [6, 6.07) is 4.58. The number of nitrogens with one attached hydrogen (secondary N) is 1. The van der Waals surface area contributed by atoms with Crippen LogP contribution in [0.5, 0.6) is 0 Å². The highest BCUT2D eigenvalue weighted by atomic mass is 16.5. The van der Waals surface area contributed by atoms with E-state index in [1.165, 1.54) is 5.56 Å². The van der Waals surface area contributed by atoms with Gasteiger partial charge in [0.15, 0.2) is 0 Å². The largest absolute Gasteiger partial charge is 0.378 e. The molecule has 1 aromatic heterocycles. The van der Waals surface area contributed by atoms with E-state index in [0.717, 1.165) is 18.8 Å². The van der Waals surface area contributed by atoms with Crippen molar-refractivity contribution in [2.45, 2.75) is 46.3 Å². The number of ether oxygens (including phenoxy) is 1. The van der Waals surface area contributed by atoms with Crippen LogP contribution in [0.15, 0.2) is 18.3 Å². The number of hydrogen-bond acceptors (Lipinski definition) is 3. The molecule has 2 rings (SSSR count). The van der Waals surface area contributed by atoms with Crippen LogP contribution in [0, 0.1) is 12.3 Å². The first-order valence-corrected chi connectivity index (χ1v) is 6.35. The maximum absolute atomic E-state index is 5.72. The van der Waals surface area contributed by atoms with E-state index in [2.05, 4.69) is 44.1 Å². The predicted octanol–water partition coefficient (Wildman–Crippen LogP) is 3.01. The Labute approximate surface area is 104 Å². The Bertz CT molecular complexity index is 372. The van der Waals surface area contributed by atoms with E-state index in [9.17, 15) is 0 Å². The fraction of sp³-hybridized carbons (Fsp3) is 0.643. The maximum Gasteiger partial charge on any atom is 0.126 e. The van der Waals surface area contributed by atoms with Crippen molar-refractivity contribution in [1.29, 1.82) is 0 Å². The minimum Gasteiger partial charge on any atom is -0.378 e. The molecule has 1 aliphatic rings. The van der Waals surface area contributed by atoms with E-state index in [1.54, 1.807) is 0 Å². The smallest absolute Gasteiger partial charge is 0.126 e. The number of pyridine rings is 1. The van der Waals surface area contributed by atoms with Crippen molar-refractivity contribution in [1.82, 2.24) is 4.98 Å². The van der Waals surface area contributed by atoms with Crippen molar-refractivity contribution < 1.29 is 4.74 Å². The lowest BCUT2D eigenvalue weighted by molar-refractivity contribution is -0.0976. The zero-order valence-electron chi connectivity index (χ0n) is 11.2. The number of rotatable bonds is 4. The number of nitrogens with zero attached hydrogens (tertiary/aromatic N) is 1. The highest BCUT2D eigenvalue weighted by Gasteiger charge is 2.48. The third-order valence-corrected chi connectivity index (χ3v) is 3.78. The van der Waals surface area contributed by atoms with Gasteiger partial charge in [0.1, 0.15) is 5.82 Å². The first kappa shape index (κ1) is 12.4. The number of aryl methyl sites for hydroxylation is 1. The van der Waals surface area contributed by atoms with Crippen LogP contribution in [-0.2, 0) is 4.74 Å². The summed E-state index contributed by atoms with van der Waals surface area (Å²) in [5.74, 6) is 0.962. The zero-order valence-corrected chi connectivity index (χ0v) is 11.2. The molecule has 1 saturated carbocycles. The molecule has 0 bridgehead atoms. The van der Waals surface area contributed by atoms with Crippen molar-refractivity contribution in [2.75, 3.05) is 11.9 Å². The molecule has 3 heteroatoms. The van der Waals surface area contributed by atoms with Crippen molar-refractivity contribution in [3.63, 3.8) is 0 Å². The molecule has 1 heterocycles. The van der Waals surface area contributed by atoms with Gasteiger partial charge in [0, 0.05) is 24.3 Å². The van der Waals surface area contributed by atoms with Crippen molar-refractivity contribution in [3.8, 4) is 0 Å². The summed E-state index contributed by atoms with van der Waals surface area (Å²) in [6.07, 6.45) is 3.33. The molecule has 0 radical (unpaired) electrons. The van der Waals surface area contributed by atoms with Crippen molar-refractivity contribution >= 4 is 5.82 Å². The van der Waals surface area contributed by atoms with Crippen molar-refractivity contribution in [3.05, 3.63) is 23.9 Å². The molecule has 0 aromatic carbocycles. The van der Waals surface area contributed by atoms with E-state index in [-0.39, 0.29) is 5.41 Å². The molecule has 1 aromatic rings. The molecule has 0 spiro atoms. The van der Waals surface area contributed by atoms with Crippen LogP contribution in [-0.4, -0.2) is 23.7 Å². The quantitative estimate of drug-likeness (QED) is 0.869. The molecule has 1 N–H and O–H groups in total. The van der Waals surface area contributed by atoms with Crippen LogP contribution < -0.4 is 5.32 Å². The maximum atomic E-state index is 5.72. The Hall–Kier alpha value is -1.09. The minimum absolute atomic E-state index is 0.183. The normalized spacial score (nSPS) is 26.4. The van der Waals surface area contributed by atoms with Gasteiger partial charge in [-0.15, -0.1) is 0 Å². The summed E-state index contributed by atoms with van der Waals surface area (Å²) >= 11 is 0. The molecule has 94 valence electrons. The lowest BCUT2D eigenvalue weighted by Gasteiger charge is -2.51. The van der Waals surface area contributed by atoms with Gasteiger partial charge in [0.05, 0.1) is 6.10 Å². The van der Waals surface area contributed by atoms with Gasteiger partial charge >= 0.3 is 0 Å². The molecule has 3 nitrogen and oxygen atoms in total. The first-order chi connectivity index (χ1) is 8.04. The summed E-state index contributed by atoms with van der Waals surface area (Å²) in [5.41, 5.74) is 1.37. The summed E-state index contributed by atoms with van der Waals surface area (Å²) in [7, 11) is 0. The third kappa shape index (κ3) is 2.44. The average molecular weight is 234 g/mol. The summed E-state index contributed by atoms with van der Waals surface area (Å²) in [4.78, 5) is 4.38. The van der Waals surface area contributed by atoms with Gasteiger partial charge in [-0.05, 0) is 31.9 Å². The van der Waals surface area contributed by atoms with Crippen LogP contribution in [0.25, 0.3) is 0 Å². The van der Waals surface area contributed by atoms with E-state index >= 15 is 0 Å². The monoisotopic (exact) mass is 234 g/mol. The van der Waals surface area contributed by atoms with Gasteiger partial charge in [-0.2, -0.15) is 0 Å². The van der Waals surface area contributed by atoms with Crippen LogP contribution in [0.2, 0.25) is 0 Å². The van der Waals surface area contributed by atoms with E-state index in [4.69, 9.17) is 4.74 Å². The molecule has 1 aliphatic carbocycles. The van der Waals surface area contributed by atoms with Gasteiger partial charge in [0.2, 0.25) is 0 Å². The minimum atomic E-state index is 0.183. The molecular weight excluding hydrogens is 212 g/mol. The van der Waals surface area contributed by atoms with Gasteiger partial charge in [0.25, 0.3) is 0 Å². The summed E-state index contributed by atoms with van der Waals surface area (Å²) in [5, 5.41) is 3.49. The van der Waals surface area contributed by atoms with E-state index in [0.29, 0.717) is 12.1 Å². The molecular formula is C14H22N2O. The van der Waals surface area contributed by atoms with Crippen molar-refractivity contribution in [2.24, 2.45) is 5.41 Å². The second kappa shape index (κ2) is 4.65. The third-order valence-electron chi connectivity index (χ3n) is 3.78. The second-order valence-electron chi connectivity index (χ2n) is 5.42. The summed E-state index contributed by atoms with van der Waals surface area (Å²) < 4.78 is 5.72. The van der Waals surface area contributed by atoms with Crippen LogP contribution in [0.4, 0.5) is 5.82 Å². The molecule has 0 aliphatic heterocycles. The topological polar surface area (TPSA) is 34.1 Å². The first-order valence-electron chi connectivity index (χ1n) is 6.35. The highest BCUT2D eigenvalue weighted by Crippen LogP contribution is 2.44. The standard InChI is InChI=1S/C14H22N2O/c1-5-17-12-8-11(14(12,3)4)16-13-7-6-10(2)9-15-13/h6-7,9,11-12H,5,8H2,1-4H3,(H,15,16). The lowest BCUT2D eigenvalue weighted by Crippen LogP contribution is -2.58. The molecule has 2 atom stereocenters. The fourth-order valence-corrected chi connectivity index (χ4v) is 2.35.